The maximum atomic E-state index is 12.9. The van der Waals surface area contributed by atoms with Crippen molar-refractivity contribution in [2.24, 2.45) is 11.8 Å². The van der Waals surface area contributed by atoms with E-state index in [1.54, 1.807) is 0 Å². The Labute approximate surface area is 168 Å². The number of hydrogen-bond donors (Lipinski definition) is 0. The molecule has 1 aromatic carbocycles. The number of carbonyl (C=O) groups excluding carboxylic acids is 1. The maximum absolute atomic E-state index is 12.9. The number of nitrogens with zero attached hydrogens (tertiary/aromatic N) is 3. The molecule has 4 nitrogen and oxygen atoms in total. The van der Waals surface area contributed by atoms with Crippen molar-refractivity contribution in [3.63, 3.8) is 0 Å². The zero-order valence-electron chi connectivity index (χ0n) is 17.3. The van der Waals surface area contributed by atoms with E-state index in [2.05, 4.69) is 72.0 Å². The van der Waals surface area contributed by atoms with Gasteiger partial charge in [-0.15, -0.1) is 0 Å². The summed E-state index contributed by atoms with van der Waals surface area (Å²) in [5.74, 6) is 1.38. The van der Waals surface area contributed by atoms with Crippen LogP contribution in [-0.2, 0) is 11.3 Å². The molecule has 0 saturated carbocycles. The number of amides is 1. The molecule has 2 aromatic rings. The molecule has 4 rings (SSSR count). The number of aromatic nitrogens is 1. The Morgan fingerprint density at radius 3 is 2.64 bits per heavy atom. The van der Waals surface area contributed by atoms with Crippen LogP contribution in [0.15, 0.2) is 42.6 Å². The molecule has 148 valence electrons. The van der Waals surface area contributed by atoms with Gasteiger partial charge in [0.25, 0.3) is 0 Å². The molecular weight excluding hydrogens is 346 g/mol. The van der Waals surface area contributed by atoms with E-state index in [-0.39, 0.29) is 6.04 Å². The predicted octanol–water partition coefficient (Wildman–Crippen LogP) is 4.13. The van der Waals surface area contributed by atoms with Crippen molar-refractivity contribution >= 4 is 5.91 Å². The van der Waals surface area contributed by atoms with Crippen molar-refractivity contribution < 1.29 is 4.79 Å². The van der Waals surface area contributed by atoms with Crippen molar-refractivity contribution in [1.82, 2.24) is 14.8 Å². The van der Waals surface area contributed by atoms with Gasteiger partial charge in [-0.05, 0) is 48.9 Å². The standard InChI is InChI=1S/C24H31N3O/c1-4-7-23(28)27-14-19-13-26(15-20-11-10-17(2)12-25-20)16-22(19)24(27)21-9-6-5-8-18(21)3/h5-6,8-12,19,22,24H,4,7,13-16H2,1-3H3/t19-,22-,24+/m0/s1. The Morgan fingerprint density at radius 1 is 1.11 bits per heavy atom. The van der Waals surface area contributed by atoms with E-state index in [9.17, 15) is 4.79 Å². The van der Waals surface area contributed by atoms with Crippen molar-refractivity contribution in [2.45, 2.75) is 46.2 Å². The lowest BCUT2D eigenvalue weighted by Crippen LogP contribution is -2.35. The highest BCUT2D eigenvalue weighted by molar-refractivity contribution is 5.77. The Balaban J connectivity index is 1.56. The second kappa shape index (κ2) is 8.04. The van der Waals surface area contributed by atoms with E-state index >= 15 is 0 Å². The summed E-state index contributed by atoms with van der Waals surface area (Å²) in [7, 11) is 0. The van der Waals surface area contributed by atoms with E-state index in [1.807, 2.05) is 6.20 Å². The molecule has 0 radical (unpaired) electrons. The highest BCUT2D eigenvalue weighted by Crippen LogP contribution is 2.46. The smallest absolute Gasteiger partial charge is 0.223 e. The number of fused-ring (bicyclic) bond motifs is 1. The fourth-order valence-electron chi connectivity index (χ4n) is 5.02. The van der Waals surface area contributed by atoms with Gasteiger partial charge in [0.1, 0.15) is 0 Å². The zero-order chi connectivity index (χ0) is 19.7. The molecule has 0 spiro atoms. The summed E-state index contributed by atoms with van der Waals surface area (Å²) in [6.45, 7) is 10.2. The number of hydrogen-bond acceptors (Lipinski definition) is 3. The summed E-state index contributed by atoms with van der Waals surface area (Å²) < 4.78 is 0. The van der Waals surface area contributed by atoms with Crippen LogP contribution in [0, 0.1) is 25.7 Å². The quantitative estimate of drug-likeness (QED) is 0.786. The third kappa shape index (κ3) is 3.70. The molecule has 4 heteroatoms. The van der Waals surface area contributed by atoms with Crippen molar-refractivity contribution in [3.8, 4) is 0 Å². The molecular formula is C24H31N3O. The van der Waals surface area contributed by atoms with Crippen molar-refractivity contribution in [3.05, 3.63) is 65.0 Å². The minimum atomic E-state index is 0.209. The molecule has 28 heavy (non-hydrogen) atoms. The molecule has 0 N–H and O–H groups in total. The van der Waals surface area contributed by atoms with Gasteiger partial charge in [0.05, 0.1) is 11.7 Å². The van der Waals surface area contributed by atoms with Crippen LogP contribution in [0.5, 0.6) is 0 Å². The third-order valence-electron chi connectivity index (χ3n) is 6.39. The molecule has 0 aliphatic carbocycles. The van der Waals surface area contributed by atoms with Gasteiger partial charge in [-0.2, -0.15) is 0 Å². The van der Waals surface area contributed by atoms with Crippen LogP contribution in [0.25, 0.3) is 0 Å². The second-order valence-electron chi connectivity index (χ2n) is 8.54. The molecule has 0 bridgehead atoms. The lowest BCUT2D eigenvalue weighted by atomic mass is 9.87. The summed E-state index contributed by atoms with van der Waals surface area (Å²) >= 11 is 0. The Morgan fingerprint density at radius 2 is 1.93 bits per heavy atom. The highest BCUT2D eigenvalue weighted by atomic mass is 16.2. The van der Waals surface area contributed by atoms with E-state index in [0.29, 0.717) is 24.2 Å². The fourth-order valence-corrected chi connectivity index (χ4v) is 5.02. The number of rotatable bonds is 5. The molecule has 1 amide bonds. The van der Waals surface area contributed by atoms with E-state index in [1.165, 1.54) is 16.7 Å². The van der Waals surface area contributed by atoms with Gasteiger partial charge in [-0.1, -0.05) is 37.3 Å². The predicted molar refractivity (Wildman–Crippen MR) is 112 cm³/mol. The normalized spacial score (nSPS) is 24.5. The molecule has 1 aromatic heterocycles. The number of pyridine rings is 1. The van der Waals surface area contributed by atoms with Crippen LogP contribution in [0.3, 0.4) is 0 Å². The minimum Gasteiger partial charge on any atom is -0.335 e. The number of likely N-dealkylation sites (tertiary alicyclic amines) is 2. The monoisotopic (exact) mass is 377 g/mol. The summed E-state index contributed by atoms with van der Waals surface area (Å²) in [6.07, 6.45) is 3.52. The summed E-state index contributed by atoms with van der Waals surface area (Å²) in [6, 6.07) is 13.1. The van der Waals surface area contributed by atoms with E-state index in [4.69, 9.17) is 0 Å². The Kier molecular flexibility index (Phi) is 5.49. The van der Waals surface area contributed by atoms with Gasteiger partial charge < -0.3 is 4.90 Å². The lowest BCUT2D eigenvalue weighted by molar-refractivity contribution is -0.132. The van der Waals surface area contributed by atoms with Crippen LogP contribution in [0.4, 0.5) is 0 Å². The van der Waals surface area contributed by atoms with Crippen LogP contribution in [0.1, 0.15) is 48.2 Å². The average molecular weight is 378 g/mol. The van der Waals surface area contributed by atoms with Crippen molar-refractivity contribution in [2.75, 3.05) is 19.6 Å². The van der Waals surface area contributed by atoms with Gasteiger partial charge in [-0.25, -0.2) is 0 Å². The first-order valence-electron chi connectivity index (χ1n) is 10.6. The van der Waals surface area contributed by atoms with Crippen LogP contribution < -0.4 is 0 Å². The second-order valence-corrected chi connectivity index (χ2v) is 8.54. The van der Waals surface area contributed by atoms with Crippen LogP contribution in [-0.4, -0.2) is 40.3 Å². The minimum absolute atomic E-state index is 0.209. The molecule has 3 atom stereocenters. The first-order chi connectivity index (χ1) is 13.6. The average Bonchev–Trinajstić information content (AvgIpc) is 3.22. The lowest BCUT2D eigenvalue weighted by Gasteiger charge is -2.31. The SMILES string of the molecule is CCCC(=O)N1C[C@@H]2CN(Cc3ccc(C)cn3)C[C@@H]2[C@H]1c1ccccc1C. The van der Waals surface area contributed by atoms with Gasteiger partial charge in [0.2, 0.25) is 5.91 Å². The fraction of sp³-hybridized carbons (Fsp3) is 0.500. The Bertz CT molecular complexity index is 832. The largest absolute Gasteiger partial charge is 0.335 e. The summed E-state index contributed by atoms with van der Waals surface area (Å²) in [4.78, 5) is 22.2. The topological polar surface area (TPSA) is 36.4 Å². The third-order valence-corrected chi connectivity index (χ3v) is 6.39. The number of carbonyl (C=O) groups is 1. The molecule has 2 aliphatic rings. The first-order valence-corrected chi connectivity index (χ1v) is 10.6. The molecule has 0 unspecified atom stereocenters. The number of aryl methyl sites for hydroxylation is 2. The van der Waals surface area contributed by atoms with Gasteiger partial charge in [0, 0.05) is 44.7 Å². The molecule has 3 heterocycles. The van der Waals surface area contributed by atoms with Crippen LogP contribution >= 0.6 is 0 Å². The Hall–Kier alpha value is -2.20. The summed E-state index contributed by atoms with van der Waals surface area (Å²) in [5.41, 5.74) is 4.96. The van der Waals surface area contributed by atoms with Crippen LogP contribution in [0.2, 0.25) is 0 Å². The molecule has 2 saturated heterocycles. The first kappa shape index (κ1) is 19.1. The molecule has 2 fully saturated rings. The van der Waals surface area contributed by atoms with Gasteiger partial charge in [0.15, 0.2) is 0 Å². The van der Waals surface area contributed by atoms with Crippen molar-refractivity contribution in [1.29, 1.82) is 0 Å². The van der Waals surface area contributed by atoms with Gasteiger partial charge in [-0.3, -0.25) is 14.7 Å². The van der Waals surface area contributed by atoms with E-state index < -0.39 is 0 Å². The maximum Gasteiger partial charge on any atom is 0.223 e. The van der Waals surface area contributed by atoms with Gasteiger partial charge >= 0.3 is 0 Å². The summed E-state index contributed by atoms with van der Waals surface area (Å²) in [5, 5.41) is 0. The number of benzene rings is 1. The highest BCUT2D eigenvalue weighted by Gasteiger charge is 2.49. The van der Waals surface area contributed by atoms with E-state index in [0.717, 1.165) is 38.3 Å². The zero-order valence-corrected chi connectivity index (χ0v) is 17.3. The molecule has 2 aliphatic heterocycles.